The van der Waals surface area contributed by atoms with Gasteiger partial charge in [0.05, 0.1) is 6.10 Å². The molecule has 1 heterocycles. The van der Waals surface area contributed by atoms with E-state index >= 15 is 0 Å². The van der Waals surface area contributed by atoms with Crippen molar-refractivity contribution in [2.24, 2.45) is 5.92 Å². The fourth-order valence-corrected chi connectivity index (χ4v) is 4.03. The normalized spacial score (nSPS) is 33.7. The van der Waals surface area contributed by atoms with Crippen LogP contribution in [0.1, 0.15) is 55.7 Å². The van der Waals surface area contributed by atoms with Crippen molar-refractivity contribution in [1.29, 1.82) is 0 Å². The first kappa shape index (κ1) is 12.8. The minimum absolute atomic E-state index is 0.491. The standard InChI is InChI=1S/C18H25NO/c1-3-7-15-13(5-1)6-2-4-8-16(15)19-17-11-12-20-18(17)14-9-10-14/h1,3,5,7,14,16-19H,2,4,6,8-12H2. The fourth-order valence-electron chi connectivity index (χ4n) is 4.03. The number of fused-ring (bicyclic) bond motifs is 1. The first-order chi connectivity index (χ1) is 9.92. The van der Waals surface area contributed by atoms with Gasteiger partial charge in [-0.15, -0.1) is 0 Å². The molecule has 1 saturated heterocycles. The van der Waals surface area contributed by atoms with Crippen LogP contribution in [0.4, 0.5) is 0 Å². The number of hydrogen-bond donors (Lipinski definition) is 1. The number of rotatable bonds is 3. The topological polar surface area (TPSA) is 21.3 Å². The Balaban J connectivity index is 1.52. The molecule has 1 saturated carbocycles. The van der Waals surface area contributed by atoms with E-state index in [9.17, 15) is 0 Å². The zero-order valence-corrected chi connectivity index (χ0v) is 12.2. The first-order valence-corrected chi connectivity index (χ1v) is 8.37. The van der Waals surface area contributed by atoms with Gasteiger partial charge >= 0.3 is 0 Å². The van der Waals surface area contributed by atoms with E-state index in [4.69, 9.17) is 4.74 Å². The summed E-state index contributed by atoms with van der Waals surface area (Å²) in [5.41, 5.74) is 3.11. The first-order valence-electron chi connectivity index (χ1n) is 8.37. The molecule has 2 aliphatic carbocycles. The maximum Gasteiger partial charge on any atom is 0.0757 e. The predicted octanol–water partition coefficient (Wildman–Crippen LogP) is 3.61. The molecule has 20 heavy (non-hydrogen) atoms. The lowest BCUT2D eigenvalue weighted by atomic mass is 9.96. The van der Waals surface area contributed by atoms with Gasteiger partial charge in [-0.1, -0.05) is 30.7 Å². The Labute approximate surface area is 121 Å². The largest absolute Gasteiger partial charge is 0.376 e. The van der Waals surface area contributed by atoms with Gasteiger partial charge in [-0.2, -0.15) is 0 Å². The van der Waals surface area contributed by atoms with Crippen molar-refractivity contribution >= 4 is 0 Å². The molecule has 3 unspecified atom stereocenters. The summed E-state index contributed by atoms with van der Waals surface area (Å²) >= 11 is 0. The quantitative estimate of drug-likeness (QED) is 0.848. The Kier molecular flexibility index (Phi) is 3.53. The molecular formula is C18H25NO. The highest BCUT2D eigenvalue weighted by Crippen LogP contribution is 2.40. The molecule has 2 heteroatoms. The van der Waals surface area contributed by atoms with Gasteiger partial charge in [-0.05, 0) is 55.6 Å². The van der Waals surface area contributed by atoms with Crippen LogP contribution < -0.4 is 5.32 Å². The van der Waals surface area contributed by atoms with Crippen molar-refractivity contribution in [1.82, 2.24) is 5.32 Å². The minimum atomic E-state index is 0.491. The average Bonchev–Trinajstić information content (AvgIpc) is 3.25. The van der Waals surface area contributed by atoms with E-state index in [-0.39, 0.29) is 0 Å². The van der Waals surface area contributed by atoms with E-state index in [1.165, 1.54) is 44.9 Å². The predicted molar refractivity (Wildman–Crippen MR) is 80.7 cm³/mol. The van der Waals surface area contributed by atoms with E-state index in [0.29, 0.717) is 18.2 Å². The van der Waals surface area contributed by atoms with E-state index in [1.807, 2.05) is 0 Å². The number of hydrogen-bond acceptors (Lipinski definition) is 2. The highest BCUT2D eigenvalue weighted by molar-refractivity contribution is 5.31. The summed E-state index contributed by atoms with van der Waals surface area (Å²) in [6.07, 6.45) is 9.65. The van der Waals surface area contributed by atoms with Gasteiger partial charge in [0.2, 0.25) is 0 Å². The van der Waals surface area contributed by atoms with Crippen LogP contribution in [-0.4, -0.2) is 18.8 Å². The van der Waals surface area contributed by atoms with Gasteiger partial charge in [-0.25, -0.2) is 0 Å². The Morgan fingerprint density at radius 1 is 1.00 bits per heavy atom. The molecule has 1 N–H and O–H groups in total. The summed E-state index contributed by atoms with van der Waals surface area (Å²) in [6, 6.07) is 10.2. The fraction of sp³-hybridized carbons (Fsp3) is 0.667. The Morgan fingerprint density at radius 3 is 2.80 bits per heavy atom. The molecule has 1 aliphatic heterocycles. The molecule has 3 aliphatic rings. The second-order valence-corrected chi connectivity index (χ2v) is 6.73. The molecule has 108 valence electrons. The number of aryl methyl sites for hydroxylation is 1. The lowest BCUT2D eigenvalue weighted by Crippen LogP contribution is -2.40. The summed E-state index contributed by atoms with van der Waals surface area (Å²) < 4.78 is 5.99. The number of benzene rings is 1. The SMILES string of the molecule is c1ccc2c(c1)CCCCC2NC1CCOC1C1CC1. The zero-order chi connectivity index (χ0) is 13.4. The molecular weight excluding hydrogens is 246 g/mol. The van der Waals surface area contributed by atoms with Crippen LogP contribution in [0.2, 0.25) is 0 Å². The molecule has 0 spiro atoms. The molecule has 0 amide bonds. The summed E-state index contributed by atoms with van der Waals surface area (Å²) in [6.45, 7) is 0.952. The van der Waals surface area contributed by atoms with Crippen LogP contribution in [0.5, 0.6) is 0 Å². The number of nitrogens with one attached hydrogen (secondary N) is 1. The van der Waals surface area contributed by atoms with Crippen LogP contribution in [-0.2, 0) is 11.2 Å². The summed E-state index contributed by atoms with van der Waals surface area (Å²) in [5.74, 6) is 0.844. The third kappa shape index (κ3) is 2.51. The van der Waals surface area contributed by atoms with Crippen molar-refractivity contribution in [3.8, 4) is 0 Å². The van der Waals surface area contributed by atoms with Crippen molar-refractivity contribution in [2.75, 3.05) is 6.61 Å². The zero-order valence-electron chi connectivity index (χ0n) is 12.2. The second kappa shape index (κ2) is 5.50. The van der Waals surface area contributed by atoms with Gasteiger partial charge in [0, 0.05) is 18.7 Å². The third-order valence-corrected chi connectivity index (χ3v) is 5.26. The van der Waals surface area contributed by atoms with Crippen molar-refractivity contribution in [3.05, 3.63) is 35.4 Å². The van der Waals surface area contributed by atoms with Gasteiger partial charge in [0.15, 0.2) is 0 Å². The van der Waals surface area contributed by atoms with Crippen LogP contribution in [0, 0.1) is 5.92 Å². The molecule has 2 fully saturated rings. The highest BCUT2D eigenvalue weighted by atomic mass is 16.5. The summed E-state index contributed by atoms with van der Waals surface area (Å²) in [4.78, 5) is 0. The lowest BCUT2D eigenvalue weighted by Gasteiger charge is -2.27. The molecule has 0 radical (unpaired) electrons. The summed E-state index contributed by atoms with van der Waals surface area (Å²) in [7, 11) is 0. The maximum atomic E-state index is 5.99. The molecule has 3 atom stereocenters. The van der Waals surface area contributed by atoms with Crippen LogP contribution in [0.3, 0.4) is 0 Å². The van der Waals surface area contributed by atoms with Gasteiger partial charge < -0.3 is 10.1 Å². The monoisotopic (exact) mass is 271 g/mol. The van der Waals surface area contributed by atoms with Crippen molar-refractivity contribution in [3.63, 3.8) is 0 Å². The summed E-state index contributed by atoms with van der Waals surface area (Å²) in [5, 5.41) is 3.96. The van der Waals surface area contributed by atoms with Gasteiger partial charge in [0.1, 0.15) is 0 Å². The molecule has 1 aromatic rings. The Bertz CT molecular complexity index is 468. The van der Waals surface area contributed by atoms with E-state index in [1.54, 1.807) is 11.1 Å². The molecule has 1 aromatic carbocycles. The average molecular weight is 271 g/mol. The van der Waals surface area contributed by atoms with Crippen LogP contribution >= 0.6 is 0 Å². The third-order valence-electron chi connectivity index (χ3n) is 5.26. The maximum absolute atomic E-state index is 5.99. The molecule has 2 nitrogen and oxygen atoms in total. The van der Waals surface area contributed by atoms with Crippen molar-refractivity contribution < 1.29 is 4.74 Å². The number of ether oxygens (including phenoxy) is 1. The minimum Gasteiger partial charge on any atom is -0.376 e. The van der Waals surface area contributed by atoms with E-state index < -0.39 is 0 Å². The second-order valence-electron chi connectivity index (χ2n) is 6.73. The molecule has 0 aromatic heterocycles. The Hall–Kier alpha value is -0.860. The smallest absolute Gasteiger partial charge is 0.0757 e. The lowest BCUT2D eigenvalue weighted by molar-refractivity contribution is 0.0785. The van der Waals surface area contributed by atoms with E-state index in [0.717, 1.165) is 12.5 Å². The highest BCUT2D eigenvalue weighted by Gasteiger charge is 2.41. The molecule has 0 bridgehead atoms. The van der Waals surface area contributed by atoms with Crippen LogP contribution in [0.15, 0.2) is 24.3 Å². The van der Waals surface area contributed by atoms with Gasteiger partial charge in [-0.3, -0.25) is 0 Å². The van der Waals surface area contributed by atoms with Crippen molar-refractivity contribution in [2.45, 2.75) is 63.1 Å². The van der Waals surface area contributed by atoms with Gasteiger partial charge in [0.25, 0.3) is 0 Å². The van der Waals surface area contributed by atoms with Crippen LogP contribution in [0.25, 0.3) is 0 Å². The Morgan fingerprint density at radius 2 is 1.90 bits per heavy atom. The molecule has 4 rings (SSSR count). The van der Waals surface area contributed by atoms with E-state index in [2.05, 4.69) is 29.6 Å².